The smallest absolute Gasteiger partial charge is 0.239 e. The molecule has 2 aromatic rings. The number of ether oxygens (including phenoxy) is 1. The standard InChI is InChI=1S/C19H27N5O3/c1-12(18(20)26)21-14-9-15-17-16(10-14)27-8-2-5-24(17)19(22-15)23-6-3-13(11-25)4-7-23/h9-10,12-13,21,25H,2-8,11H2,1H3,(H2,20,26)/t12-/m0/s1. The first-order chi connectivity index (χ1) is 13.1. The minimum absolute atomic E-state index is 0.259. The molecule has 0 radical (unpaired) electrons. The van der Waals surface area contributed by atoms with Crippen LogP contribution in [-0.4, -0.2) is 52.9 Å². The third-order valence-electron chi connectivity index (χ3n) is 5.54. The number of hydrogen-bond donors (Lipinski definition) is 3. The van der Waals surface area contributed by atoms with E-state index in [1.807, 2.05) is 12.1 Å². The number of aryl methyl sites for hydroxylation is 1. The van der Waals surface area contributed by atoms with Crippen molar-refractivity contribution in [3.8, 4) is 5.75 Å². The number of carbonyl (C=O) groups is 1. The van der Waals surface area contributed by atoms with Crippen molar-refractivity contribution in [3.05, 3.63) is 12.1 Å². The van der Waals surface area contributed by atoms with E-state index in [2.05, 4.69) is 14.8 Å². The Morgan fingerprint density at radius 1 is 1.41 bits per heavy atom. The zero-order chi connectivity index (χ0) is 19.0. The number of benzene rings is 1. The monoisotopic (exact) mass is 373 g/mol. The molecular weight excluding hydrogens is 346 g/mol. The Morgan fingerprint density at radius 2 is 2.19 bits per heavy atom. The van der Waals surface area contributed by atoms with Gasteiger partial charge >= 0.3 is 0 Å². The Morgan fingerprint density at radius 3 is 2.89 bits per heavy atom. The first kappa shape index (κ1) is 17.9. The first-order valence-corrected chi connectivity index (χ1v) is 9.65. The molecule has 0 bridgehead atoms. The van der Waals surface area contributed by atoms with Gasteiger partial charge in [-0.2, -0.15) is 0 Å². The zero-order valence-corrected chi connectivity index (χ0v) is 15.6. The Labute approximate surface area is 158 Å². The fourth-order valence-corrected chi connectivity index (χ4v) is 3.91. The van der Waals surface area contributed by atoms with Gasteiger partial charge in [0, 0.05) is 38.0 Å². The minimum Gasteiger partial charge on any atom is -0.491 e. The molecule has 1 saturated heterocycles. The van der Waals surface area contributed by atoms with E-state index in [1.54, 1.807) is 6.92 Å². The highest BCUT2D eigenvalue weighted by Gasteiger charge is 2.26. The lowest BCUT2D eigenvalue weighted by Gasteiger charge is -2.32. The van der Waals surface area contributed by atoms with Crippen LogP contribution in [0.2, 0.25) is 0 Å². The van der Waals surface area contributed by atoms with E-state index in [-0.39, 0.29) is 6.61 Å². The quantitative estimate of drug-likeness (QED) is 0.730. The van der Waals surface area contributed by atoms with Crippen molar-refractivity contribution in [2.45, 2.75) is 38.8 Å². The molecule has 4 N–H and O–H groups in total. The molecule has 0 unspecified atom stereocenters. The third-order valence-corrected chi connectivity index (χ3v) is 5.54. The number of aliphatic hydroxyl groups excluding tert-OH is 1. The highest BCUT2D eigenvalue weighted by molar-refractivity contribution is 5.90. The molecule has 1 amide bonds. The molecule has 8 heteroatoms. The van der Waals surface area contributed by atoms with Crippen LogP contribution < -0.4 is 20.7 Å². The molecule has 8 nitrogen and oxygen atoms in total. The summed E-state index contributed by atoms with van der Waals surface area (Å²) >= 11 is 0. The summed E-state index contributed by atoms with van der Waals surface area (Å²) in [6.45, 7) is 5.31. The highest BCUT2D eigenvalue weighted by atomic mass is 16.5. The molecular formula is C19H27N5O3. The Balaban J connectivity index is 1.71. The van der Waals surface area contributed by atoms with Gasteiger partial charge < -0.3 is 30.4 Å². The zero-order valence-electron chi connectivity index (χ0n) is 15.6. The van der Waals surface area contributed by atoms with E-state index in [1.165, 1.54) is 0 Å². The molecule has 27 heavy (non-hydrogen) atoms. The predicted octanol–water partition coefficient (Wildman–Crippen LogP) is 1.31. The van der Waals surface area contributed by atoms with Crippen LogP contribution in [0.3, 0.4) is 0 Å². The topological polar surface area (TPSA) is 106 Å². The fraction of sp³-hybridized carbons (Fsp3) is 0.579. The summed E-state index contributed by atoms with van der Waals surface area (Å²) in [4.78, 5) is 18.6. The van der Waals surface area contributed by atoms with E-state index in [0.717, 1.165) is 67.3 Å². The van der Waals surface area contributed by atoms with Crippen LogP contribution in [0.15, 0.2) is 12.1 Å². The second kappa shape index (κ2) is 7.26. The molecule has 4 rings (SSSR count). The van der Waals surface area contributed by atoms with Gasteiger partial charge in [0.15, 0.2) is 0 Å². The summed E-state index contributed by atoms with van der Waals surface area (Å²) in [5.74, 6) is 1.74. The number of piperidine rings is 1. The lowest BCUT2D eigenvalue weighted by Crippen LogP contribution is -2.36. The van der Waals surface area contributed by atoms with Crippen molar-refractivity contribution in [1.82, 2.24) is 9.55 Å². The van der Waals surface area contributed by atoms with E-state index in [4.69, 9.17) is 15.5 Å². The van der Waals surface area contributed by atoms with E-state index in [9.17, 15) is 9.90 Å². The number of aliphatic hydroxyl groups is 1. The van der Waals surface area contributed by atoms with Crippen LogP contribution in [0.4, 0.5) is 11.6 Å². The largest absolute Gasteiger partial charge is 0.491 e. The number of anilines is 2. The molecule has 0 saturated carbocycles. The van der Waals surface area contributed by atoms with Gasteiger partial charge in [0.05, 0.1) is 12.1 Å². The number of imidazole rings is 1. The van der Waals surface area contributed by atoms with Crippen molar-refractivity contribution >= 4 is 28.6 Å². The second-order valence-corrected chi connectivity index (χ2v) is 7.49. The normalized spacial score (nSPS) is 18.8. The van der Waals surface area contributed by atoms with Crippen molar-refractivity contribution < 1.29 is 14.6 Å². The second-order valence-electron chi connectivity index (χ2n) is 7.49. The number of nitrogens with one attached hydrogen (secondary N) is 1. The third kappa shape index (κ3) is 3.41. The molecule has 2 aliphatic rings. The van der Waals surface area contributed by atoms with Gasteiger partial charge in [0.25, 0.3) is 0 Å². The van der Waals surface area contributed by atoms with Crippen molar-refractivity contribution in [1.29, 1.82) is 0 Å². The van der Waals surface area contributed by atoms with E-state index in [0.29, 0.717) is 12.5 Å². The van der Waals surface area contributed by atoms with Crippen LogP contribution >= 0.6 is 0 Å². The summed E-state index contributed by atoms with van der Waals surface area (Å²) in [5, 5.41) is 12.5. The highest BCUT2D eigenvalue weighted by Crippen LogP contribution is 2.36. The Hall–Kier alpha value is -2.48. The van der Waals surface area contributed by atoms with Gasteiger partial charge in [-0.1, -0.05) is 0 Å². The summed E-state index contributed by atoms with van der Waals surface area (Å²) in [7, 11) is 0. The van der Waals surface area contributed by atoms with Crippen LogP contribution in [0.1, 0.15) is 26.2 Å². The number of amides is 1. The summed E-state index contributed by atoms with van der Waals surface area (Å²) in [5.41, 5.74) is 8.01. The lowest BCUT2D eigenvalue weighted by molar-refractivity contribution is -0.118. The molecule has 0 aliphatic carbocycles. The molecule has 3 heterocycles. The predicted molar refractivity (Wildman–Crippen MR) is 104 cm³/mol. The molecule has 1 aromatic heterocycles. The number of hydrogen-bond acceptors (Lipinski definition) is 6. The summed E-state index contributed by atoms with van der Waals surface area (Å²) in [6.07, 6.45) is 2.87. The maximum Gasteiger partial charge on any atom is 0.239 e. The van der Waals surface area contributed by atoms with Crippen molar-refractivity contribution in [3.63, 3.8) is 0 Å². The van der Waals surface area contributed by atoms with Gasteiger partial charge in [-0.25, -0.2) is 4.98 Å². The summed E-state index contributed by atoms with van der Waals surface area (Å²) < 4.78 is 8.22. The van der Waals surface area contributed by atoms with Crippen LogP contribution in [-0.2, 0) is 11.3 Å². The molecule has 1 atom stereocenters. The molecule has 1 fully saturated rings. The summed E-state index contributed by atoms with van der Waals surface area (Å²) in [6, 6.07) is 3.40. The minimum atomic E-state index is -0.473. The first-order valence-electron chi connectivity index (χ1n) is 9.65. The number of nitrogens with zero attached hydrogens (tertiary/aromatic N) is 3. The van der Waals surface area contributed by atoms with E-state index >= 15 is 0 Å². The average Bonchev–Trinajstić information content (AvgIpc) is 2.89. The SMILES string of the molecule is C[C@H](Nc1cc2c3c(c1)nc(N1CCC(CO)CC1)n3CCCO2)C(N)=O. The number of aromatic nitrogens is 2. The van der Waals surface area contributed by atoms with Crippen molar-refractivity contribution in [2.24, 2.45) is 11.7 Å². The van der Waals surface area contributed by atoms with Gasteiger partial charge in [0.2, 0.25) is 11.9 Å². The van der Waals surface area contributed by atoms with Crippen LogP contribution in [0, 0.1) is 5.92 Å². The Kier molecular flexibility index (Phi) is 4.82. The fourth-order valence-electron chi connectivity index (χ4n) is 3.91. The van der Waals surface area contributed by atoms with Gasteiger partial charge in [-0.15, -0.1) is 0 Å². The number of primary amides is 1. The maximum absolute atomic E-state index is 11.4. The van der Waals surface area contributed by atoms with Crippen LogP contribution in [0.5, 0.6) is 5.75 Å². The van der Waals surface area contributed by atoms with Crippen LogP contribution in [0.25, 0.3) is 11.0 Å². The van der Waals surface area contributed by atoms with E-state index < -0.39 is 11.9 Å². The molecule has 146 valence electrons. The number of rotatable bonds is 5. The Bertz CT molecular complexity index is 841. The van der Waals surface area contributed by atoms with Gasteiger partial charge in [-0.3, -0.25) is 4.79 Å². The van der Waals surface area contributed by atoms with Crippen molar-refractivity contribution in [2.75, 3.05) is 36.5 Å². The number of carbonyl (C=O) groups excluding carboxylic acids is 1. The molecule has 1 aromatic carbocycles. The number of nitrogens with two attached hydrogens (primary N) is 1. The average molecular weight is 373 g/mol. The molecule has 2 aliphatic heterocycles. The maximum atomic E-state index is 11.4. The van der Waals surface area contributed by atoms with Gasteiger partial charge in [0.1, 0.15) is 17.3 Å². The van der Waals surface area contributed by atoms with Gasteiger partial charge in [-0.05, 0) is 38.2 Å². The lowest BCUT2D eigenvalue weighted by atomic mass is 9.98. The molecule has 0 spiro atoms.